The minimum absolute atomic E-state index is 0.814. The van der Waals surface area contributed by atoms with E-state index in [1.807, 2.05) is 0 Å². The summed E-state index contributed by atoms with van der Waals surface area (Å²) in [7, 11) is 0. The lowest BCUT2D eigenvalue weighted by Crippen LogP contribution is -2.27. The number of nitrogens with zero attached hydrogens (tertiary/aromatic N) is 1. The number of hydrogen-bond acceptors (Lipinski definition) is 2. The van der Waals surface area contributed by atoms with Gasteiger partial charge in [-0.15, -0.1) is 0 Å². The van der Waals surface area contributed by atoms with Crippen LogP contribution in [0.4, 0.5) is 5.69 Å². The standard InChI is InChI=1S/C18H22N2/c1-2-6-17-15(4-1)5-3-7-18(17)20-11-10-14(13-20)12-19-16-8-9-16/h1-7,14,16,19H,8-13H2. The SMILES string of the molecule is c1ccc2c(N3CCC(CNC4CC4)C3)cccc2c1. The highest BCUT2D eigenvalue weighted by atomic mass is 15.2. The molecule has 1 N–H and O–H groups in total. The van der Waals surface area contributed by atoms with Crippen molar-refractivity contribution in [3.8, 4) is 0 Å². The van der Waals surface area contributed by atoms with Crippen LogP contribution in [-0.4, -0.2) is 25.7 Å². The fourth-order valence-corrected chi connectivity index (χ4v) is 3.32. The fourth-order valence-electron chi connectivity index (χ4n) is 3.32. The van der Waals surface area contributed by atoms with E-state index in [2.05, 4.69) is 52.7 Å². The van der Waals surface area contributed by atoms with Gasteiger partial charge in [0, 0.05) is 30.2 Å². The smallest absolute Gasteiger partial charge is 0.0445 e. The third kappa shape index (κ3) is 2.40. The lowest BCUT2D eigenvalue weighted by atomic mass is 10.1. The van der Waals surface area contributed by atoms with Crippen LogP contribution in [0.15, 0.2) is 42.5 Å². The van der Waals surface area contributed by atoms with Gasteiger partial charge in [-0.3, -0.25) is 0 Å². The molecule has 0 radical (unpaired) electrons. The second-order valence-electron chi connectivity index (χ2n) is 6.28. The molecule has 0 aromatic heterocycles. The third-order valence-corrected chi connectivity index (χ3v) is 4.67. The Labute approximate surface area is 120 Å². The van der Waals surface area contributed by atoms with Gasteiger partial charge >= 0.3 is 0 Å². The molecular formula is C18H22N2. The number of benzene rings is 2. The molecule has 1 aliphatic carbocycles. The first-order valence-corrected chi connectivity index (χ1v) is 7.86. The highest BCUT2D eigenvalue weighted by molar-refractivity contribution is 5.94. The lowest BCUT2D eigenvalue weighted by molar-refractivity contribution is 0.515. The first-order chi connectivity index (χ1) is 9.90. The van der Waals surface area contributed by atoms with E-state index in [0.29, 0.717) is 0 Å². The molecule has 0 amide bonds. The van der Waals surface area contributed by atoms with Gasteiger partial charge in [0.2, 0.25) is 0 Å². The molecule has 1 heterocycles. The Balaban J connectivity index is 1.51. The monoisotopic (exact) mass is 266 g/mol. The Bertz CT molecular complexity index is 598. The Kier molecular flexibility index (Phi) is 3.12. The van der Waals surface area contributed by atoms with Gasteiger partial charge in [-0.1, -0.05) is 36.4 Å². The molecule has 1 atom stereocenters. The highest BCUT2D eigenvalue weighted by Crippen LogP contribution is 2.31. The van der Waals surface area contributed by atoms with Crippen molar-refractivity contribution in [1.29, 1.82) is 0 Å². The molecule has 2 aliphatic rings. The maximum Gasteiger partial charge on any atom is 0.0445 e. The summed E-state index contributed by atoms with van der Waals surface area (Å²) in [5, 5.41) is 6.43. The fraction of sp³-hybridized carbons (Fsp3) is 0.444. The van der Waals surface area contributed by atoms with E-state index in [1.54, 1.807) is 0 Å². The van der Waals surface area contributed by atoms with Crippen molar-refractivity contribution in [2.75, 3.05) is 24.5 Å². The van der Waals surface area contributed by atoms with Gasteiger partial charge < -0.3 is 10.2 Å². The predicted molar refractivity (Wildman–Crippen MR) is 85.3 cm³/mol. The van der Waals surface area contributed by atoms with Crippen LogP contribution in [0, 0.1) is 5.92 Å². The minimum Gasteiger partial charge on any atom is -0.371 e. The van der Waals surface area contributed by atoms with Crippen molar-refractivity contribution < 1.29 is 0 Å². The molecule has 4 rings (SSSR count). The molecule has 0 bridgehead atoms. The molecule has 1 saturated heterocycles. The molecule has 2 nitrogen and oxygen atoms in total. The van der Waals surface area contributed by atoms with Crippen LogP contribution < -0.4 is 10.2 Å². The van der Waals surface area contributed by atoms with E-state index in [4.69, 9.17) is 0 Å². The Morgan fingerprint density at radius 1 is 1.00 bits per heavy atom. The van der Waals surface area contributed by atoms with Crippen LogP contribution in [0.3, 0.4) is 0 Å². The van der Waals surface area contributed by atoms with Gasteiger partial charge in [-0.2, -0.15) is 0 Å². The summed E-state index contributed by atoms with van der Waals surface area (Å²) in [5.74, 6) is 0.814. The van der Waals surface area contributed by atoms with Crippen molar-refractivity contribution >= 4 is 16.5 Å². The second-order valence-corrected chi connectivity index (χ2v) is 6.28. The van der Waals surface area contributed by atoms with E-state index >= 15 is 0 Å². The minimum atomic E-state index is 0.814. The first kappa shape index (κ1) is 12.2. The normalized spacial score (nSPS) is 22.6. The van der Waals surface area contributed by atoms with Gasteiger partial charge in [-0.25, -0.2) is 0 Å². The average molecular weight is 266 g/mol. The number of anilines is 1. The topological polar surface area (TPSA) is 15.3 Å². The van der Waals surface area contributed by atoms with Gasteiger partial charge in [0.05, 0.1) is 0 Å². The Morgan fingerprint density at radius 2 is 1.85 bits per heavy atom. The number of rotatable bonds is 4. The van der Waals surface area contributed by atoms with Gasteiger partial charge in [0.25, 0.3) is 0 Å². The summed E-state index contributed by atoms with van der Waals surface area (Å²) in [4.78, 5) is 2.57. The summed E-state index contributed by atoms with van der Waals surface area (Å²) in [6.07, 6.45) is 4.10. The molecule has 104 valence electrons. The first-order valence-electron chi connectivity index (χ1n) is 7.86. The van der Waals surface area contributed by atoms with E-state index in [9.17, 15) is 0 Å². The average Bonchev–Trinajstić information content (AvgIpc) is 3.21. The number of hydrogen-bond donors (Lipinski definition) is 1. The van der Waals surface area contributed by atoms with Gasteiger partial charge in [0.1, 0.15) is 0 Å². The zero-order valence-corrected chi connectivity index (χ0v) is 11.9. The van der Waals surface area contributed by atoms with E-state index in [1.165, 1.54) is 55.4 Å². The van der Waals surface area contributed by atoms with Crippen molar-refractivity contribution in [3.63, 3.8) is 0 Å². The quantitative estimate of drug-likeness (QED) is 0.912. The van der Waals surface area contributed by atoms with Crippen LogP contribution >= 0.6 is 0 Å². The lowest BCUT2D eigenvalue weighted by Gasteiger charge is -2.21. The highest BCUT2D eigenvalue weighted by Gasteiger charge is 2.26. The van der Waals surface area contributed by atoms with Crippen molar-refractivity contribution in [1.82, 2.24) is 5.32 Å². The van der Waals surface area contributed by atoms with Gasteiger partial charge in [-0.05, 0) is 43.2 Å². The Morgan fingerprint density at radius 3 is 2.75 bits per heavy atom. The summed E-state index contributed by atoms with van der Waals surface area (Å²) < 4.78 is 0. The van der Waals surface area contributed by atoms with E-state index in [-0.39, 0.29) is 0 Å². The molecule has 2 aromatic carbocycles. The largest absolute Gasteiger partial charge is 0.371 e. The van der Waals surface area contributed by atoms with Crippen LogP contribution in [0.5, 0.6) is 0 Å². The van der Waals surface area contributed by atoms with Crippen LogP contribution in [0.2, 0.25) is 0 Å². The van der Waals surface area contributed by atoms with E-state index < -0.39 is 0 Å². The van der Waals surface area contributed by atoms with Crippen LogP contribution in [0.1, 0.15) is 19.3 Å². The predicted octanol–water partition coefficient (Wildman–Crippen LogP) is 3.42. The molecule has 2 heteroatoms. The van der Waals surface area contributed by atoms with Crippen LogP contribution in [-0.2, 0) is 0 Å². The number of fused-ring (bicyclic) bond motifs is 1. The molecule has 1 unspecified atom stereocenters. The summed E-state index contributed by atoms with van der Waals surface area (Å²) in [6, 6.07) is 16.2. The summed E-state index contributed by atoms with van der Waals surface area (Å²) in [5.41, 5.74) is 1.41. The zero-order valence-electron chi connectivity index (χ0n) is 11.9. The molecular weight excluding hydrogens is 244 g/mol. The number of nitrogens with one attached hydrogen (secondary N) is 1. The molecule has 0 spiro atoms. The second kappa shape index (κ2) is 5.10. The molecule has 2 aromatic rings. The molecule has 20 heavy (non-hydrogen) atoms. The molecule has 1 aliphatic heterocycles. The Hall–Kier alpha value is -1.54. The van der Waals surface area contributed by atoms with E-state index in [0.717, 1.165) is 12.0 Å². The summed E-state index contributed by atoms with van der Waals surface area (Å²) >= 11 is 0. The molecule has 1 saturated carbocycles. The van der Waals surface area contributed by atoms with Crippen molar-refractivity contribution in [2.24, 2.45) is 5.92 Å². The van der Waals surface area contributed by atoms with Crippen LogP contribution in [0.25, 0.3) is 10.8 Å². The van der Waals surface area contributed by atoms with Crippen molar-refractivity contribution in [3.05, 3.63) is 42.5 Å². The third-order valence-electron chi connectivity index (χ3n) is 4.67. The molecule has 2 fully saturated rings. The maximum absolute atomic E-state index is 3.68. The zero-order chi connectivity index (χ0) is 13.4. The summed E-state index contributed by atoms with van der Waals surface area (Å²) in [6.45, 7) is 3.60. The van der Waals surface area contributed by atoms with Crippen molar-refractivity contribution in [2.45, 2.75) is 25.3 Å². The maximum atomic E-state index is 3.68. The van der Waals surface area contributed by atoms with Gasteiger partial charge in [0.15, 0.2) is 0 Å².